The van der Waals surface area contributed by atoms with E-state index < -0.39 is 35.7 Å². The Labute approximate surface area is 257 Å². The highest BCUT2D eigenvalue weighted by atomic mass is 16.4. The minimum absolute atomic E-state index is 0.138. The topological polar surface area (TPSA) is 115 Å². The number of unbranched alkanes of at least 4 members (excludes halogenated alkanes) is 17. The Bertz CT molecular complexity index is 682. The quantitative estimate of drug-likeness (QED) is 0.0501. The maximum absolute atomic E-state index is 11.6. The van der Waals surface area contributed by atoms with Crippen LogP contribution >= 0.6 is 0 Å². The molecule has 42 heavy (non-hydrogen) atoms. The normalized spacial score (nSPS) is 15.3. The summed E-state index contributed by atoms with van der Waals surface area (Å²) < 4.78 is 0.138. The number of carbonyl (C=O) groups is 3. The van der Waals surface area contributed by atoms with Crippen molar-refractivity contribution in [2.45, 2.75) is 150 Å². The summed E-state index contributed by atoms with van der Waals surface area (Å²) in [4.78, 5) is 34.7. The summed E-state index contributed by atoms with van der Waals surface area (Å²) in [5.74, 6) is -5.34. The molecule has 0 aliphatic rings. The van der Waals surface area contributed by atoms with Crippen molar-refractivity contribution >= 4 is 17.9 Å². The smallest absolute Gasteiger partial charge is 0.311 e. The molecule has 0 fully saturated rings. The standard InChI is InChI=1S/C35H65NO6/c1-5-6-7-8-9-10-11-12-13-14-15-16-17-18-19-20-21-22-23-24-25-26-36(27-30(2)33(37)38,28-31(3)34(39)40)29-32(4)35(41)42/h23-24,30-32H,5-22,25-29H2,1-4H3,(H2-,37,38,39,40,41,42)/b24-23+. The number of hydrogen-bond donors (Lipinski definition) is 2. The first-order chi connectivity index (χ1) is 20.0. The van der Waals surface area contributed by atoms with Crippen LogP contribution in [-0.2, 0) is 14.4 Å². The summed E-state index contributed by atoms with van der Waals surface area (Å²) in [6.45, 7) is 8.05. The second-order valence-corrected chi connectivity index (χ2v) is 13.0. The lowest BCUT2D eigenvalue weighted by atomic mass is 10.0. The van der Waals surface area contributed by atoms with Crippen LogP contribution in [0.25, 0.3) is 0 Å². The Morgan fingerprint density at radius 1 is 0.571 bits per heavy atom. The van der Waals surface area contributed by atoms with E-state index in [1.807, 2.05) is 0 Å². The fraction of sp³-hybridized carbons (Fsp3) is 0.857. The third-order valence-corrected chi connectivity index (χ3v) is 8.64. The first kappa shape index (κ1) is 40.1. The van der Waals surface area contributed by atoms with E-state index in [4.69, 9.17) is 0 Å². The zero-order valence-electron chi connectivity index (χ0n) is 27.6. The Hall–Kier alpha value is -1.89. The van der Waals surface area contributed by atoms with Crippen molar-refractivity contribution in [1.82, 2.24) is 0 Å². The van der Waals surface area contributed by atoms with E-state index >= 15 is 0 Å². The molecule has 0 aromatic rings. The highest BCUT2D eigenvalue weighted by Gasteiger charge is 2.36. The van der Waals surface area contributed by atoms with Gasteiger partial charge >= 0.3 is 11.9 Å². The van der Waals surface area contributed by atoms with Crippen LogP contribution in [0.2, 0.25) is 0 Å². The van der Waals surface area contributed by atoms with Crippen LogP contribution in [0.4, 0.5) is 0 Å². The molecule has 0 aliphatic heterocycles. The van der Waals surface area contributed by atoms with Gasteiger partial charge in [0.1, 0.15) is 11.8 Å². The lowest BCUT2D eigenvalue weighted by Gasteiger charge is -2.42. The van der Waals surface area contributed by atoms with Crippen molar-refractivity contribution in [2.24, 2.45) is 17.8 Å². The molecule has 0 radical (unpaired) electrons. The monoisotopic (exact) mass is 595 g/mol. The lowest BCUT2D eigenvalue weighted by molar-refractivity contribution is -0.934. The van der Waals surface area contributed by atoms with Crippen LogP contribution in [0.1, 0.15) is 150 Å². The molecule has 0 rings (SSSR count). The predicted molar refractivity (Wildman–Crippen MR) is 170 cm³/mol. The largest absolute Gasteiger partial charge is 0.550 e. The molecule has 0 saturated heterocycles. The molecule has 0 spiro atoms. The molecule has 3 atom stereocenters. The van der Waals surface area contributed by atoms with Gasteiger partial charge in [0.15, 0.2) is 0 Å². The maximum atomic E-state index is 11.6. The molecular weight excluding hydrogens is 530 g/mol. The third-order valence-electron chi connectivity index (χ3n) is 8.64. The number of carboxylic acids is 3. The van der Waals surface area contributed by atoms with Gasteiger partial charge in [-0.1, -0.05) is 129 Å². The summed E-state index contributed by atoms with van der Waals surface area (Å²) in [6.07, 6.45) is 28.9. The summed E-state index contributed by atoms with van der Waals surface area (Å²) in [5, 5.41) is 30.5. The van der Waals surface area contributed by atoms with Crippen molar-refractivity contribution < 1.29 is 34.2 Å². The second kappa shape index (κ2) is 25.6. The fourth-order valence-electron chi connectivity index (χ4n) is 6.04. The molecule has 0 amide bonds. The number of allylic oxidation sites excluding steroid dienone is 1. The summed E-state index contributed by atoms with van der Waals surface area (Å²) in [7, 11) is 0. The number of nitrogens with zero attached hydrogens (tertiary/aromatic N) is 1. The van der Waals surface area contributed by atoms with Gasteiger partial charge < -0.3 is 24.6 Å². The van der Waals surface area contributed by atoms with Gasteiger partial charge in [0.05, 0.1) is 26.2 Å². The zero-order chi connectivity index (χ0) is 31.6. The average molecular weight is 596 g/mol. The Balaban J connectivity index is 4.25. The van der Waals surface area contributed by atoms with Gasteiger partial charge in [-0.25, -0.2) is 0 Å². The van der Waals surface area contributed by atoms with E-state index in [0.29, 0.717) is 13.0 Å². The molecule has 0 saturated carbocycles. The molecule has 7 nitrogen and oxygen atoms in total. The van der Waals surface area contributed by atoms with Crippen LogP contribution in [-0.4, -0.2) is 58.8 Å². The highest BCUT2D eigenvalue weighted by molar-refractivity contribution is 5.70. The predicted octanol–water partition coefficient (Wildman–Crippen LogP) is 7.62. The molecule has 0 aromatic heterocycles. The molecule has 0 heterocycles. The molecule has 0 aromatic carbocycles. The minimum atomic E-state index is -1.20. The first-order valence-corrected chi connectivity index (χ1v) is 17.2. The molecule has 3 unspecified atom stereocenters. The highest BCUT2D eigenvalue weighted by Crippen LogP contribution is 2.21. The van der Waals surface area contributed by atoms with Crippen LogP contribution in [0.5, 0.6) is 0 Å². The van der Waals surface area contributed by atoms with Gasteiger partial charge in [0, 0.05) is 18.3 Å². The molecule has 2 N–H and O–H groups in total. The van der Waals surface area contributed by atoms with Crippen molar-refractivity contribution in [3.05, 3.63) is 12.2 Å². The lowest BCUT2D eigenvalue weighted by Crippen LogP contribution is -2.58. The van der Waals surface area contributed by atoms with Gasteiger partial charge in [-0.3, -0.25) is 9.59 Å². The van der Waals surface area contributed by atoms with E-state index in [1.54, 1.807) is 20.8 Å². The third kappa shape index (κ3) is 21.8. The first-order valence-electron chi connectivity index (χ1n) is 17.2. The number of carboxylic acid groups (broad SMARTS) is 3. The van der Waals surface area contributed by atoms with Crippen LogP contribution in [0, 0.1) is 17.8 Å². The second-order valence-electron chi connectivity index (χ2n) is 13.0. The summed E-state index contributed by atoms with van der Waals surface area (Å²) in [6, 6.07) is 0. The summed E-state index contributed by atoms with van der Waals surface area (Å²) >= 11 is 0. The van der Waals surface area contributed by atoms with Crippen LogP contribution in [0.15, 0.2) is 12.2 Å². The van der Waals surface area contributed by atoms with Crippen LogP contribution in [0.3, 0.4) is 0 Å². The van der Waals surface area contributed by atoms with Crippen LogP contribution < -0.4 is 5.11 Å². The number of aliphatic carboxylic acids is 3. The number of hydrogen-bond acceptors (Lipinski definition) is 4. The Kier molecular flexibility index (Phi) is 24.4. The van der Waals surface area contributed by atoms with E-state index in [9.17, 15) is 29.7 Å². The van der Waals surface area contributed by atoms with E-state index in [1.165, 1.54) is 103 Å². The molecule has 0 bridgehead atoms. The van der Waals surface area contributed by atoms with E-state index in [0.717, 1.165) is 12.8 Å². The van der Waals surface area contributed by atoms with Gasteiger partial charge in [0.2, 0.25) is 0 Å². The van der Waals surface area contributed by atoms with Gasteiger partial charge in [-0.2, -0.15) is 0 Å². The van der Waals surface area contributed by atoms with Gasteiger partial charge in [0.25, 0.3) is 0 Å². The average Bonchev–Trinajstić information content (AvgIpc) is 2.93. The molecule has 7 heteroatoms. The molecule has 246 valence electrons. The number of rotatable bonds is 30. The Morgan fingerprint density at radius 3 is 1.26 bits per heavy atom. The fourth-order valence-corrected chi connectivity index (χ4v) is 6.04. The maximum Gasteiger partial charge on any atom is 0.311 e. The number of carbonyl (C=O) groups excluding carboxylic acids is 1. The number of quaternary nitrogens is 1. The van der Waals surface area contributed by atoms with Gasteiger partial charge in [-0.15, -0.1) is 0 Å². The SMILES string of the molecule is CCCCCCCCCCCCCCCCCCC/C=C/CC[N+](CC(C)C(=O)[O-])(CC(C)C(=O)O)CC(C)C(=O)O. The van der Waals surface area contributed by atoms with Gasteiger partial charge in [-0.05, 0) is 26.7 Å². The van der Waals surface area contributed by atoms with E-state index in [-0.39, 0.29) is 24.1 Å². The van der Waals surface area contributed by atoms with Crippen molar-refractivity contribution in [2.75, 3.05) is 26.2 Å². The molecular formula is C35H65NO6. The minimum Gasteiger partial charge on any atom is -0.550 e. The molecule has 0 aliphatic carbocycles. The summed E-state index contributed by atoms with van der Waals surface area (Å²) in [5.41, 5.74) is 0. The van der Waals surface area contributed by atoms with Crippen molar-refractivity contribution in [3.8, 4) is 0 Å². The van der Waals surface area contributed by atoms with E-state index in [2.05, 4.69) is 19.1 Å². The zero-order valence-corrected chi connectivity index (χ0v) is 27.6. The Morgan fingerprint density at radius 2 is 0.905 bits per heavy atom. The van der Waals surface area contributed by atoms with Crippen molar-refractivity contribution in [1.29, 1.82) is 0 Å². The van der Waals surface area contributed by atoms with Crippen molar-refractivity contribution in [3.63, 3.8) is 0 Å².